The molecule has 0 amide bonds. The lowest BCUT2D eigenvalue weighted by Gasteiger charge is -2.04. The number of hydrogen-bond acceptors (Lipinski definition) is 3. The summed E-state index contributed by atoms with van der Waals surface area (Å²) in [6, 6.07) is 2.66. The lowest BCUT2D eigenvalue weighted by Crippen LogP contribution is -2.09. The summed E-state index contributed by atoms with van der Waals surface area (Å²) < 4.78 is 30.4. The van der Waals surface area contributed by atoms with E-state index in [2.05, 4.69) is 0 Å². The Balaban J connectivity index is 2.53. The van der Waals surface area contributed by atoms with E-state index in [-0.39, 0.29) is 18.8 Å². The summed E-state index contributed by atoms with van der Waals surface area (Å²) >= 11 is 0. The second kappa shape index (κ2) is 6.17. The standard InChI is InChI=1S/C11H12F2O3/c12-8-3-4-9(10(13)7-8)11(15)16-6-2-1-5-14/h3-4,7,14H,1-2,5-6H2. The molecule has 1 aromatic carbocycles. The van der Waals surface area contributed by atoms with Gasteiger partial charge < -0.3 is 9.84 Å². The third-order valence-corrected chi connectivity index (χ3v) is 1.94. The van der Waals surface area contributed by atoms with Gasteiger partial charge in [-0.05, 0) is 25.0 Å². The number of carbonyl (C=O) groups excluding carboxylic acids is 1. The van der Waals surface area contributed by atoms with Gasteiger partial charge in [-0.15, -0.1) is 0 Å². The highest BCUT2D eigenvalue weighted by atomic mass is 19.1. The van der Waals surface area contributed by atoms with Gasteiger partial charge in [0.2, 0.25) is 0 Å². The Labute approximate surface area is 91.7 Å². The minimum absolute atomic E-state index is 0.0163. The lowest BCUT2D eigenvalue weighted by atomic mass is 10.2. The van der Waals surface area contributed by atoms with Gasteiger partial charge >= 0.3 is 5.97 Å². The summed E-state index contributed by atoms with van der Waals surface area (Å²) in [4.78, 5) is 11.3. The predicted molar refractivity (Wildman–Crippen MR) is 53.0 cm³/mol. The number of rotatable bonds is 5. The number of aliphatic hydroxyl groups excluding tert-OH is 1. The summed E-state index contributed by atoms with van der Waals surface area (Å²) in [5, 5.41) is 8.48. The molecule has 0 saturated carbocycles. The maximum Gasteiger partial charge on any atom is 0.341 e. The molecule has 0 heterocycles. The topological polar surface area (TPSA) is 46.5 Å². The molecule has 0 aromatic heterocycles. The highest BCUT2D eigenvalue weighted by Gasteiger charge is 2.13. The summed E-state index contributed by atoms with van der Waals surface area (Å²) in [6.07, 6.45) is 1.02. The summed E-state index contributed by atoms with van der Waals surface area (Å²) in [6.45, 7) is 0.124. The number of halogens is 2. The Hall–Kier alpha value is -1.49. The van der Waals surface area contributed by atoms with Crippen molar-refractivity contribution in [3.8, 4) is 0 Å². The van der Waals surface area contributed by atoms with E-state index >= 15 is 0 Å². The molecule has 1 N–H and O–H groups in total. The first kappa shape index (κ1) is 12.6. The SMILES string of the molecule is O=C(OCCCCO)c1ccc(F)cc1F. The van der Waals surface area contributed by atoms with E-state index in [0.29, 0.717) is 18.9 Å². The first-order valence-corrected chi connectivity index (χ1v) is 4.88. The van der Waals surface area contributed by atoms with E-state index in [1.165, 1.54) is 0 Å². The van der Waals surface area contributed by atoms with Crippen molar-refractivity contribution < 1.29 is 23.4 Å². The van der Waals surface area contributed by atoms with Gasteiger partial charge in [0, 0.05) is 12.7 Å². The largest absolute Gasteiger partial charge is 0.462 e. The van der Waals surface area contributed by atoms with Crippen LogP contribution >= 0.6 is 0 Å². The molecule has 16 heavy (non-hydrogen) atoms. The van der Waals surface area contributed by atoms with E-state index < -0.39 is 17.6 Å². The molecule has 0 bridgehead atoms. The Morgan fingerprint density at radius 2 is 2.06 bits per heavy atom. The maximum atomic E-state index is 13.1. The fourth-order valence-corrected chi connectivity index (χ4v) is 1.11. The number of hydrogen-bond donors (Lipinski definition) is 1. The molecule has 0 aliphatic rings. The van der Waals surface area contributed by atoms with Gasteiger partial charge in [0.25, 0.3) is 0 Å². The Bertz CT molecular complexity index is 366. The zero-order chi connectivity index (χ0) is 12.0. The van der Waals surface area contributed by atoms with Gasteiger partial charge in [0.05, 0.1) is 12.2 Å². The van der Waals surface area contributed by atoms with Crippen molar-refractivity contribution in [2.45, 2.75) is 12.8 Å². The molecule has 0 unspecified atom stereocenters. The Morgan fingerprint density at radius 1 is 1.31 bits per heavy atom. The van der Waals surface area contributed by atoms with Crippen LogP contribution in [0.1, 0.15) is 23.2 Å². The van der Waals surface area contributed by atoms with Crippen LogP contribution in [0.15, 0.2) is 18.2 Å². The van der Waals surface area contributed by atoms with E-state index in [1.807, 2.05) is 0 Å². The second-order valence-corrected chi connectivity index (χ2v) is 3.19. The van der Waals surface area contributed by atoms with Gasteiger partial charge in [-0.1, -0.05) is 0 Å². The quantitative estimate of drug-likeness (QED) is 0.620. The molecule has 0 aliphatic carbocycles. The normalized spacial score (nSPS) is 10.2. The molecule has 3 nitrogen and oxygen atoms in total. The zero-order valence-corrected chi connectivity index (χ0v) is 8.58. The van der Waals surface area contributed by atoms with E-state index in [1.54, 1.807) is 0 Å². The third kappa shape index (κ3) is 3.58. The minimum Gasteiger partial charge on any atom is -0.462 e. The zero-order valence-electron chi connectivity index (χ0n) is 8.58. The Kier molecular flexibility index (Phi) is 4.85. The second-order valence-electron chi connectivity index (χ2n) is 3.19. The molecule has 0 saturated heterocycles. The molecule has 0 radical (unpaired) electrons. The molecule has 1 rings (SSSR count). The van der Waals surface area contributed by atoms with Crippen molar-refractivity contribution in [1.29, 1.82) is 0 Å². The smallest absolute Gasteiger partial charge is 0.341 e. The summed E-state index contributed by atoms with van der Waals surface area (Å²) in [5.41, 5.74) is -0.287. The molecule has 0 spiro atoms. The van der Waals surface area contributed by atoms with E-state index in [0.717, 1.165) is 12.1 Å². The molecule has 1 aromatic rings. The van der Waals surface area contributed by atoms with Crippen LogP contribution in [0.2, 0.25) is 0 Å². The van der Waals surface area contributed by atoms with E-state index in [9.17, 15) is 13.6 Å². The van der Waals surface area contributed by atoms with Crippen LogP contribution in [0.4, 0.5) is 8.78 Å². The average Bonchev–Trinajstić information content (AvgIpc) is 2.24. The monoisotopic (exact) mass is 230 g/mol. The maximum absolute atomic E-state index is 13.1. The van der Waals surface area contributed by atoms with Crippen LogP contribution in [0.5, 0.6) is 0 Å². The van der Waals surface area contributed by atoms with Crippen molar-refractivity contribution in [2.24, 2.45) is 0 Å². The molecular formula is C11H12F2O3. The predicted octanol–water partition coefficient (Wildman–Crippen LogP) is 1.89. The molecule has 5 heteroatoms. The van der Waals surface area contributed by atoms with Crippen LogP contribution < -0.4 is 0 Å². The van der Waals surface area contributed by atoms with Gasteiger partial charge in [0.15, 0.2) is 0 Å². The third-order valence-electron chi connectivity index (χ3n) is 1.94. The van der Waals surface area contributed by atoms with Crippen LogP contribution in [0.3, 0.4) is 0 Å². The summed E-state index contributed by atoms with van der Waals surface area (Å²) in [7, 11) is 0. The van der Waals surface area contributed by atoms with Gasteiger partial charge in [-0.25, -0.2) is 13.6 Å². The van der Waals surface area contributed by atoms with Crippen molar-refractivity contribution in [3.05, 3.63) is 35.4 Å². The van der Waals surface area contributed by atoms with Gasteiger partial charge in [-0.2, -0.15) is 0 Å². The number of aliphatic hydroxyl groups is 1. The number of ether oxygens (including phenoxy) is 1. The van der Waals surface area contributed by atoms with Crippen LogP contribution in [-0.4, -0.2) is 24.3 Å². The molecular weight excluding hydrogens is 218 g/mol. The number of unbranched alkanes of at least 4 members (excludes halogenated alkanes) is 1. The average molecular weight is 230 g/mol. The number of carbonyl (C=O) groups is 1. The Morgan fingerprint density at radius 3 is 2.69 bits per heavy atom. The van der Waals surface area contributed by atoms with Gasteiger partial charge in [0.1, 0.15) is 11.6 Å². The van der Waals surface area contributed by atoms with Crippen LogP contribution in [-0.2, 0) is 4.74 Å². The molecule has 0 aliphatic heterocycles. The lowest BCUT2D eigenvalue weighted by molar-refractivity contribution is 0.0487. The highest BCUT2D eigenvalue weighted by Crippen LogP contribution is 2.10. The van der Waals surface area contributed by atoms with Gasteiger partial charge in [-0.3, -0.25) is 0 Å². The highest BCUT2D eigenvalue weighted by molar-refractivity contribution is 5.89. The fraction of sp³-hybridized carbons (Fsp3) is 0.364. The minimum atomic E-state index is -0.938. The molecule has 88 valence electrons. The molecule has 0 atom stereocenters. The van der Waals surface area contributed by atoms with Crippen molar-refractivity contribution in [1.82, 2.24) is 0 Å². The van der Waals surface area contributed by atoms with E-state index in [4.69, 9.17) is 9.84 Å². The fourth-order valence-electron chi connectivity index (χ4n) is 1.11. The first-order valence-electron chi connectivity index (χ1n) is 4.88. The first-order chi connectivity index (χ1) is 7.65. The summed E-state index contributed by atoms with van der Waals surface area (Å²) in [5.74, 6) is -2.50. The van der Waals surface area contributed by atoms with Crippen molar-refractivity contribution in [3.63, 3.8) is 0 Å². The number of esters is 1. The van der Waals surface area contributed by atoms with Crippen molar-refractivity contribution in [2.75, 3.05) is 13.2 Å². The van der Waals surface area contributed by atoms with Crippen LogP contribution in [0, 0.1) is 11.6 Å². The van der Waals surface area contributed by atoms with Crippen molar-refractivity contribution >= 4 is 5.97 Å². The van der Waals surface area contributed by atoms with Crippen LogP contribution in [0.25, 0.3) is 0 Å². The number of benzene rings is 1. The molecule has 0 fully saturated rings.